The fourth-order valence-corrected chi connectivity index (χ4v) is 0.929. The van der Waals surface area contributed by atoms with Crippen LogP contribution in [0.25, 0.3) is 0 Å². The number of hydrogen-bond donors (Lipinski definition) is 1. The molecule has 72 valence electrons. The molecule has 13 heavy (non-hydrogen) atoms. The number of methoxy groups -OCH3 is 1. The Balaban J connectivity index is 2.30. The van der Waals surface area contributed by atoms with Gasteiger partial charge in [0.2, 0.25) is 5.91 Å². The van der Waals surface area contributed by atoms with Crippen molar-refractivity contribution in [3.8, 4) is 0 Å². The monoisotopic (exact) mass is 183 g/mol. The first-order valence-electron chi connectivity index (χ1n) is 3.96. The van der Waals surface area contributed by atoms with E-state index < -0.39 is 0 Å². The van der Waals surface area contributed by atoms with E-state index in [9.17, 15) is 4.79 Å². The molecule has 0 radical (unpaired) electrons. The molecule has 0 saturated carbocycles. The molecule has 0 fully saturated rings. The Morgan fingerprint density at radius 1 is 1.77 bits per heavy atom. The second-order valence-corrected chi connectivity index (χ2v) is 2.69. The van der Waals surface area contributed by atoms with Crippen molar-refractivity contribution in [1.82, 2.24) is 15.1 Å². The summed E-state index contributed by atoms with van der Waals surface area (Å²) in [6.45, 7) is 0.538. The summed E-state index contributed by atoms with van der Waals surface area (Å²) >= 11 is 0. The molecule has 0 aromatic carbocycles. The van der Waals surface area contributed by atoms with Gasteiger partial charge in [-0.1, -0.05) is 0 Å². The summed E-state index contributed by atoms with van der Waals surface area (Å²) in [6, 6.07) is 1.85. The van der Waals surface area contributed by atoms with Gasteiger partial charge in [-0.15, -0.1) is 0 Å². The first-order valence-corrected chi connectivity index (χ1v) is 3.96. The minimum atomic E-state index is -0.131. The van der Waals surface area contributed by atoms with E-state index in [1.807, 2.05) is 19.3 Å². The molecule has 1 heterocycles. The van der Waals surface area contributed by atoms with E-state index in [1.165, 1.54) is 7.11 Å². The van der Waals surface area contributed by atoms with E-state index in [-0.39, 0.29) is 12.5 Å². The van der Waals surface area contributed by atoms with Gasteiger partial charge in [-0.3, -0.25) is 9.48 Å². The topological polar surface area (TPSA) is 56.1 Å². The Morgan fingerprint density at radius 3 is 3.08 bits per heavy atom. The van der Waals surface area contributed by atoms with Crippen LogP contribution in [-0.2, 0) is 23.1 Å². The van der Waals surface area contributed by atoms with Crippen LogP contribution in [-0.4, -0.2) is 29.4 Å². The van der Waals surface area contributed by atoms with Crippen LogP contribution in [0.15, 0.2) is 12.3 Å². The molecule has 5 nitrogen and oxygen atoms in total. The van der Waals surface area contributed by atoms with Gasteiger partial charge in [0.25, 0.3) is 0 Å². The van der Waals surface area contributed by atoms with E-state index in [1.54, 1.807) is 4.68 Å². The Kier molecular flexibility index (Phi) is 3.45. The second kappa shape index (κ2) is 4.61. The summed E-state index contributed by atoms with van der Waals surface area (Å²) in [5.41, 5.74) is 0.840. The van der Waals surface area contributed by atoms with Gasteiger partial charge in [0.1, 0.15) is 6.61 Å². The summed E-state index contributed by atoms with van der Waals surface area (Å²) in [4.78, 5) is 11.0. The van der Waals surface area contributed by atoms with Crippen LogP contribution in [0.1, 0.15) is 5.69 Å². The quantitative estimate of drug-likeness (QED) is 0.696. The van der Waals surface area contributed by atoms with Gasteiger partial charge in [0.15, 0.2) is 0 Å². The predicted octanol–water partition coefficient (Wildman–Crippen LogP) is -0.317. The molecule has 1 aromatic heterocycles. The molecule has 0 atom stereocenters. The van der Waals surface area contributed by atoms with Crippen LogP contribution in [0.3, 0.4) is 0 Å². The molecule has 0 bridgehead atoms. The number of nitrogens with one attached hydrogen (secondary N) is 1. The Bertz CT molecular complexity index is 283. The average Bonchev–Trinajstić information content (AvgIpc) is 2.49. The number of carbonyl (C=O) groups is 1. The van der Waals surface area contributed by atoms with E-state index in [0.29, 0.717) is 6.54 Å². The number of ether oxygens (including phenoxy) is 1. The predicted molar refractivity (Wildman–Crippen MR) is 46.9 cm³/mol. The SMILES string of the molecule is COCC(=O)NCc1ccn(C)n1. The lowest BCUT2D eigenvalue weighted by atomic mass is 10.4. The largest absolute Gasteiger partial charge is 0.375 e. The Hall–Kier alpha value is -1.36. The molecule has 0 aliphatic rings. The van der Waals surface area contributed by atoms with Crippen molar-refractivity contribution in [2.24, 2.45) is 7.05 Å². The normalized spacial score (nSPS) is 10.0. The number of amides is 1. The van der Waals surface area contributed by atoms with E-state index in [0.717, 1.165) is 5.69 Å². The maximum atomic E-state index is 11.0. The van der Waals surface area contributed by atoms with Gasteiger partial charge in [0, 0.05) is 20.4 Å². The number of carbonyl (C=O) groups excluding carboxylic acids is 1. The van der Waals surface area contributed by atoms with Crippen molar-refractivity contribution in [2.75, 3.05) is 13.7 Å². The van der Waals surface area contributed by atoms with Crippen LogP contribution < -0.4 is 5.32 Å². The number of aryl methyl sites for hydroxylation is 1. The van der Waals surface area contributed by atoms with Gasteiger partial charge in [0.05, 0.1) is 12.2 Å². The highest BCUT2D eigenvalue weighted by atomic mass is 16.5. The van der Waals surface area contributed by atoms with Crippen LogP contribution in [0.5, 0.6) is 0 Å². The lowest BCUT2D eigenvalue weighted by Crippen LogP contribution is -2.26. The summed E-state index contributed by atoms with van der Waals surface area (Å²) in [5, 5.41) is 6.78. The first kappa shape index (κ1) is 9.73. The van der Waals surface area contributed by atoms with Crippen LogP contribution in [0.4, 0.5) is 0 Å². The molecule has 0 unspecified atom stereocenters. The molecule has 1 amide bonds. The highest BCUT2D eigenvalue weighted by Crippen LogP contribution is 1.92. The maximum Gasteiger partial charge on any atom is 0.246 e. The average molecular weight is 183 g/mol. The summed E-state index contributed by atoms with van der Waals surface area (Å²) in [6.07, 6.45) is 1.83. The lowest BCUT2D eigenvalue weighted by Gasteiger charge is -2.00. The molecule has 1 N–H and O–H groups in total. The van der Waals surface area contributed by atoms with Crippen LogP contribution in [0.2, 0.25) is 0 Å². The molecule has 0 saturated heterocycles. The maximum absolute atomic E-state index is 11.0. The zero-order valence-corrected chi connectivity index (χ0v) is 7.78. The third kappa shape index (κ3) is 3.25. The summed E-state index contributed by atoms with van der Waals surface area (Å²) in [7, 11) is 3.32. The fraction of sp³-hybridized carbons (Fsp3) is 0.500. The van der Waals surface area contributed by atoms with Crippen molar-refractivity contribution in [3.63, 3.8) is 0 Å². The van der Waals surface area contributed by atoms with Crippen molar-refractivity contribution >= 4 is 5.91 Å². The van der Waals surface area contributed by atoms with Gasteiger partial charge in [-0.05, 0) is 6.07 Å². The van der Waals surface area contributed by atoms with E-state index in [4.69, 9.17) is 0 Å². The van der Waals surface area contributed by atoms with Gasteiger partial charge in [-0.2, -0.15) is 5.10 Å². The molecule has 5 heteroatoms. The highest BCUT2D eigenvalue weighted by Gasteiger charge is 2.00. The van der Waals surface area contributed by atoms with Gasteiger partial charge < -0.3 is 10.1 Å². The zero-order valence-electron chi connectivity index (χ0n) is 7.78. The molecule has 1 aromatic rings. The highest BCUT2D eigenvalue weighted by molar-refractivity contribution is 5.77. The smallest absolute Gasteiger partial charge is 0.246 e. The zero-order chi connectivity index (χ0) is 9.68. The molecule has 0 aliphatic heterocycles. The number of nitrogens with zero attached hydrogens (tertiary/aromatic N) is 2. The standard InChI is InChI=1S/C8H13N3O2/c1-11-4-3-7(10-11)5-9-8(12)6-13-2/h3-4H,5-6H2,1-2H3,(H,9,12). The minimum absolute atomic E-state index is 0.0901. The summed E-state index contributed by atoms with van der Waals surface area (Å²) in [5.74, 6) is -0.131. The molecular formula is C8H13N3O2. The van der Waals surface area contributed by atoms with Gasteiger partial charge in [-0.25, -0.2) is 0 Å². The Morgan fingerprint density at radius 2 is 2.54 bits per heavy atom. The first-order chi connectivity index (χ1) is 6.22. The third-order valence-corrected chi connectivity index (χ3v) is 1.51. The Labute approximate surface area is 76.7 Å². The third-order valence-electron chi connectivity index (χ3n) is 1.51. The molecule has 0 spiro atoms. The fourth-order valence-electron chi connectivity index (χ4n) is 0.929. The number of aromatic nitrogens is 2. The summed E-state index contributed by atoms with van der Waals surface area (Å²) < 4.78 is 6.35. The minimum Gasteiger partial charge on any atom is -0.375 e. The number of hydrogen-bond acceptors (Lipinski definition) is 3. The van der Waals surface area contributed by atoms with Crippen molar-refractivity contribution < 1.29 is 9.53 Å². The lowest BCUT2D eigenvalue weighted by molar-refractivity contribution is -0.124. The number of rotatable bonds is 4. The van der Waals surface area contributed by atoms with Crippen molar-refractivity contribution in [1.29, 1.82) is 0 Å². The van der Waals surface area contributed by atoms with Crippen LogP contribution >= 0.6 is 0 Å². The van der Waals surface area contributed by atoms with E-state index in [2.05, 4.69) is 15.2 Å². The second-order valence-electron chi connectivity index (χ2n) is 2.69. The molecule has 0 aliphatic carbocycles. The molecule has 1 rings (SSSR count). The van der Waals surface area contributed by atoms with Crippen molar-refractivity contribution in [2.45, 2.75) is 6.54 Å². The van der Waals surface area contributed by atoms with Gasteiger partial charge >= 0.3 is 0 Å². The molecular weight excluding hydrogens is 170 g/mol. The van der Waals surface area contributed by atoms with Crippen LogP contribution in [0, 0.1) is 0 Å². The van der Waals surface area contributed by atoms with Crippen molar-refractivity contribution in [3.05, 3.63) is 18.0 Å². The van der Waals surface area contributed by atoms with E-state index >= 15 is 0 Å².